The number of nitrogens with one attached hydrogen (secondary N) is 1. The van der Waals surface area contributed by atoms with Gasteiger partial charge in [0, 0.05) is 25.2 Å². The number of carbonyl (C=O) groups is 1. The van der Waals surface area contributed by atoms with Crippen molar-refractivity contribution in [2.75, 3.05) is 26.2 Å². The topological polar surface area (TPSA) is 59.4 Å². The summed E-state index contributed by atoms with van der Waals surface area (Å²) >= 11 is 0. The van der Waals surface area contributed by atoms with Gasteiger partial charge in [-0.1, -0.05) is 30.3 Å². The van der Waals surface area contributed by atoms with Gasteiger partial charge in [-0.25, -0.2) is 4.68 Å². The van der Waals surface area contributed by atoms with E-state index in [0.29, 0.717) is 36.7 Å². The molecule has 2 atom stereocenters. The molecule has 0 spiro atoms. The molecule has 1 saturated heterocycles. The zero-order valence-electron chi connectivity index (χ0n) is 14.5. The van der Waals surface area contributed by atoms with Crippen molar-refractivity contribution in [2.24, 2.45) is 5.92 Å². The van der Waals surface area contributed by atoms with Crippen molar-refractivity contribution in [1.82, 2.24) is 20.0 Å². The first-order valence-electron chi connectivity index (χ1n) is 8.98. The molecule has 1 aromatic heterocycles. The molecular formula is C19H24N4O2. The Morgan fingerprint density at radius 2 is 2.20 bits per heavy atom. The van der Waals surface area contributed by atoms with Gasteiger partial charge in [-0.05, 0) is 31.4 Å². The molecule has 6 heteroatoms. The van der Waals surface area contributed by atoms with E-state index in [1.807, 2.05) is 0 Å². The molecule has 2 aliphatic rings. The lowest BCUT2D eigenvalue weighted by atomic mass is 10.1. The van der Waals surface area contributed by atoms with Gasteiger partial charge in [-0.15, -0.1) is 0 Å². The van der Waals surface area contributed by atoms with Gasteiger partial charge in [0.2, 0.25) is 5.88 Å². The van der Waals surface area contributed by atoms with Crippen molar-refractivity contribution in [3.8, 4) is 5.88 Å². The highest BCUT2D eigenvalue weighted by Gasteiger charge is 2.27. The molecule has 0 aliphatic carbocycles. The van der Waals surface area contributed by atoms with Crippen molar-refractivity contribution in [3.05, 3.63) is 47.7 Å². The molecule has 6 nitrogen and oxygen atoms in total. The maximum absolute atomic E-state index is 12.3. The summed E-state index contributed by atoms with van der Waals surface area (Å²) in [6.07, 6.45) is 1.11. The molecule has 2 aromatic rings. The Balaban J connectivity index is 1.28. The normalized spacial score (nSPS) is 20.9. The van der Waals surface area contributed by atoms with Crippen LogP contribution >= 0.6 is 0 Å². The Kier molecular flexibility index (Phi) is 4.44. The average Bonchev–Trinajstić information content (AvgIpc) is 3.35. The molecule has 4 rings (SSSR count). The number of aromatic nitrogens is 2. The Bertz CT molecular complexity index is 722. The largest absolute Gasteiger partial charge is 0.476 e. The third-order valence-electron chi connectivity index (χ3n) is 5.23. The van der Waals surface area contributed by atoms with E-state index in [2.05, 4.69) is 52.6 Å². The van der Waals surface area contributed by atoms with Crippen molar-refractivity contribution in [1.29, 1.82) is 0 Å². The summed E-state index contributed by atoms with van der Waals surface area (Å²) in [7, 11) is 0. The number of nitrogens with zero attached hydrogens (tertiary/aromatic N) is 3. The second-order valence-corrected chi connectivity index (χ2v) is 6.89. The van der Waals surface area contributed by atoms with Crippen LogP contribution in [0.2, 0.25) is 0 Å². The molecule has 0 radical (unpaired) electrons. The molecule has 25 heavy (non-hydrogen) atoms. The number of rotatable bonds is 5. The number of benzene rings is 1. The molecule has 2 aliphatic heterocycles. The van der Waals surface area contributed by atoms with E-state index in [1.165, 1.54) is 5.56 Å². The van der Waals surface area contributed by atoms with Crippen molar-refractivity contribution < 1.29 is 9.53 Å². The van der Waals surface area contributed by atoms with E-state index in [1.54, 1.807) is 10.7 Å². The number of carbonyl (C=O) groups excluding carboxylic acids is 1. The molecule has 1 aromatic carbocycles. The summed E-state index contributed by atoms with van der Waals surface area (Å²) in [5.74, 6) is 1.06. The van der Waals surface area contributed by atoms with Gasteiger partial charge >= 0.3 is 0 Å². The minimum atomic E-state index is -0.111. The fourth-order valence-electron chi connectivity index (χ4n) is 3.67. The van der Waals surface area contributed by atoms with Gasteiger partial charge in [-0.2, -0.15) is 5.10 Å². The van der Waals surface area contributed by atoms with E-state index in [9.17, 15) is 4.79 Å². The van der Waals surface area contributed by atoms with Crippen LogP contribution in [0.4, 0.5) is 0 Å². The van der Waals surface area contributed by atoms with Gasteiger partial charge in [0.25, 0.3) is 5.91 Å². The summed E-state index contributed by atoms with van der Waals surface area (Å²) in [5.41, 5.74) is 1.79. The molecule has 1 N–H and O–H groups in total. The third-order valence-corrected chi connectivity index (χ3v) is 5.23. The smallest absolute Gasteiger partial charge is 0.271 e. The maximum atomic E-state index is 12.3. The monoisotopic (exact) mass is 340 g/mol. The van der Waals surface area contributed by atoms with Crippen molar-refractivity contribution >= 4 is 5.91 Å². The number of hydrogen-bond acceptors (Lipinski definition) is 4. The fourth-order valence-corrected chi connectivity index (χ4v) is 3.67. The molecular weight excluding hydrogens is 316 g/mol. The van der Waals surface area contributed by atoms with Gasteiger partial charge in [0.15, 0.2) is 5.69 Å². The molecule has 0 saturated carbocycles. The fraction of sp³-hybridized carbons (Fsp3) is 0.474. The van der Waals surface area contributed by atoms with E-state index >= 15 is 0 Å². The highest BCUT2D eigenvalue weighted by molar-refractivity contribution is 5.92. The van der Waals surface area contributed by atoms with Crippen molar-refractivity contribution in [2.45, 2.75) is 25.9 Å². The Morgan fingerprint density at radius 3 is 3.00 bits per heavy atom. The first-order valence-corrected chi connectivity index (χ1v) is 8.98. The molecule has 2 unspecified atom stereocenters. The highest BCUT2D eigenvalue weighted by Crippen LogP contribution is 2.27. The van der Waals surface area contributed by atoms with Crippen LogP contribution in [0.3, 0.4) is 0 Å². The molecule has 1 amide bonds. The number of hydrogen-bond donors (Lipinski definition) is 1. The number of ether oxygens (including phenoxy) is 1. The van der Waals surface area contributed by atoms with Crippen LogP contribution in [0, 0.1) is 5.92 Å². The number of amides is 1. The molecule has 1 fully saturated rings. The Hall–Kier alpha value is -2.34. The van der Waals surface area contributed by atoms with Gasteiger partial charge < -0.3 is 10.1 Å². The highest BCUT2D eigenvalue weighted by atomic mass is 16.5. The summed E-state index contributed by atoms with van der Waals surface area (Å²) in [6, 6.07) is 12.7. The standard InChI is InChI=1S/C19H24N4O2/c1-14(16-5-3-2-4-6-16)22-8-7-15(13-22)12-20-19(24)17-11-18-23(21-17)9-10-25-18/h2-6,11,14-15H,7-10,12-13H2,1H3,(H,20,24). The van der Waals surface area contributed by atoms with E-state index < -0.39 is 0 Å². The predicted molar refractivity (Wildman–Crippen MR) is 94.6 cm³/mol. The van der Waals surface area contributed by atoms with Crippen LogP contribution < -0.4 is 10.1 Å². The summed E-state index contributed by atoms with van der Waals surface area (Å²) < 4.78 is 7.15. The van der Waals surface area contributed by atoms with Crippen LogP contribution in [-0.2, 0) is 6.54 Å². The van der Waals surface area contributed by atoms with Gasteiger partial charge in [0.1, 0.15) is 6.61 Å². The van der Waals surface area contributed by atoms with Crippen molar-refractivity contribution in [3.63, 3.8) is 0 Å². The van der Waals surface area contributed by atoms with Crippen LogP contribution in [-0.4, -0.2) is 46.8 Å². The Labute approximate surface area is 147 Å². The summed E-state index contributed by atoms with van der Waals surface area (Å²) in [6.45, 7) is 6.39. The molecule has 0 bridgehead atoms. The van der Waals surface area contributed by atoms with Crippen LogP contribution in [0.25, 0.3) is 0 Å². The lowest BCUT2D eigenvalue weighted by Crippen LogP contribution is -2.32. The van der Waals surface area contributed by atoms with E-state index in [0.717, 1.165) is 26.1 Å². The van der Waals surface area contributed by atoms with E-state index in [-0.39, 0.29) is 5.91 Å². The van der Waals surface area contributed by atoms with Gasteiger partial charge in [-0.3, -0.25) is 9.69 Å². The number of fused-ring (bicyclic) bond motifs is 1. The van der Waals surface area contributed by atoms with Gasteiger partial charge in [0.05, 0.1) is 6.54 Å². The minimum Gasteiger partial charge on any atom is -0.476 e. The lowest BCUT2D eigenvalue weighted by molar-refractivity contribution is 0.0941. The lowest BCUT2D eigenvalue weighted by Gasteiger charge is -2.24. The average molecular weight is 340 g/mol. The first kappa shape index (κ1) is 16.1. The van der Waals surface area contributed by atoms with Crippen LogP contribution in [0.15, 0.2) is 36.4 Å². The maximum Gasteiger partial charge on any atom is 0.271 e. The summed E-state index contributed by atoms with van der Waals surface area (Å²) in [4.78, 5) is 14.8. The number of likely N-dealkylation sites (tertiary alicyclic amines) is 1. The minimum absolute atomic E-state index is 0.111. The molecule has 132 valence electrons. The van der Waals surface area contributed by atoms with Crippen LogP contribution in [0.5, 0.6) is 5.88 Å². The first-order chi connectivity index (χ1) is 12.2. The van der Waals surface area contributed by atoms with E-state index in [4.69, 9.17) is 4.74 Å². The SMILES string of the molecule is CC(c1ccccc1)N1CCC(CNC(=O)c2cc3n(n2)CCO3)C1. The quantitative estimate of drug-likeness (QED) is 0.905. The zero-order chi connectivity index (χ0) is 17.2. The van der Waals surface area contributed by atoms with Crippen LogP contribution in [0.1, 0.15) is 35.4 Å². The predicted octanol–water partition coefficient (Wildman–Crippen LogP) is 2.09. The Morgan fingerprint density at radius 1 is 1.36 bits per heavy atom. The second kappa shape index (κ2) is 6.88. The summed E-state index contributed by atoms with van der Waals surface area (Å²) in [5, 5.41) is 7.32. The zero-order valence-corrected chi connectivity index (χ0v) is 14.5. The molecule has 3 heterocycles. The third kappa shape index (κ3) is 3.39. The second-order valence-electron chi connectivity index (χ2n) is 6.89.